The lowest BCUT2D eigenvalue weighted by Gasteiger charge is -2.16. The summed E-state index contributed by atoms with van der Waals surface area (Å²) < 4.78 is 47.4. The number of fused-ring (bicyclic) bond motifs is 1. The van der Waals surface area contributed by atoms with Gasteiger partial charge >= 0.3 is 6.18 Å². The van der Waals surface area contributed by atoms with Crippen LogP contribution in [0.5, 0.6) is 0 Å². The molecule has 0 saturated carbocycles. The lowest BCUT2D eigenvalue weighted by atomic mass is 9.89. The summed E-state index contributed by atoms with van der Waals surface area (Å²) >= 11 is 0. The molecule has 2 aromatic heterocycles. The van der Waals surface area contributed by atoms with Crippen molar-refractivity contribution in [2.75, 3.05) is 6.61 Å². The summed E-state index contributed by atoms with van der Waals surface area (Å²) in [6, 6.07) is 1.06. The lowest BCUT2D eigenvalue weighted by molar-refractivity contribution is -0.136. The molecule has 6 nitrogen and oxygen atoms in total. The van der Waals surface area contributed by atoms with E-state index in [9.17, 15) is 22.8 Å². The largest absolute Gasteiger partial charge is 0.497 e. The number of imidazole rings is 1. The summed E-state index contributed by atoms with van der Waals surface area (Å²) in [7, 11) is 0. The first-order valence-electron chi connectivity index (χ1n) is 10.4. The average Bonchev–Trinajstić information content (AvgIpc) is 3.11. The van der Waals surface area contributed by atoms with Crippen LogP contribution in [-0.2, 0) is 26.9 Å². The summed E-state index contributed by atoms with van der Waals surface area (Å²) in [5.74, 6) is -0.766. The molecule has 3 heterocycles. The van der Waals surface area contributed by atoms with Crippen molar-refractivity contribution in [2.45, 2.75) is 45.7 Å². The Hall–Kier alpha value is -3.10. The highest BCUT2D eigenvalue weighted by molar-refractivity contribution is 5.81. The average molecular weight is 449 g/mol. The van der Waals surface area contributed by atoms with Crippen molar-refractivity contribution in [3.63, 3.8) is 0 Å². The Balaban J connectivity index is 1.78. The van der Waals surface area contributed by atoms with Crippen molar-refractivity contribution in [3.8, 4) is 0 Å². The van der Waals surface area contributed by atoms with Gasteiger partial charge in [0.25, 0.3) is 0 Å². The summed E-state index contributed by atoms with van der Waals surface area (Å²) in [6.45, 7) is 4.07. The highest BCUT2D eigenvalue weighted by Gasteiger charge is 2.35. The van der Waals surface area contributed by atoms with Gasteiger partial charge in [-0.2, -0.15) is 13.2 Å². The number of nitrogens with two attached hydrogens (primary N) is 1. The monoisotopic (exact) mass is 449 g/mol. The van der Waals surface area contributed by atoms with Crippen LogP contribution in [0.15, 0.2) is 36.9 Å². The van der Waals surface area contributed by atoms with E-state index in [-0.39, 0.29) is 48.4 Å². The second kappa shape index (κ2) is 9.58. The van der Waals surface area contributed by atoms with Crippen LogP contribution in [0.25, 0.3) is 11.2 Å². The Morgan fingerprint density at radius 3 is 2.62 bits per heavy atom. The number of allylic oxidation sites excluding steroid dienone is 2. The van der Waals surface area contributed by atoms with Gasteiger partial charge in [0.15, 0.2) is 0 Å². The van der Waals surface area contributed by atoms with Crippen molar-refractivity contribution >= 4 is 22.9 Å². The molecule has 1 aliphatic heterocycles. The van der Waals surface area contributed by atoms with E-state index in [2.05, 4.69) is 4.98 Å². The van der Waals surface area contributed by atoms with Crippen molar-refractivity contribution < 1.29 is 27.5 Å². The van der Waals surface area contributed by atoms with E-state index in [4.69, 9.17) is 10.5 Å². The third kappa shape index (κ3) is 5.57. The number of aromatic nitrogens is 2. The number of hydrogen-bond acceptors (Lipinski definition) is 4. The predicted molar refractivity (Wildman–Crippen MR) is 113 cm³/mol. The van der Waals surface area contributed by atoms with E-state index in [1.54, 1.807) is 18.3 Å². The maximum Gasteiger partial charge on any atom is 0.420 e. The van der Waals surface area contributed by atoms with E-state index >= 15 is 0 Å². The summed E-state index contributed by atoms with van der Waals surface area (Å²) in [5, 5.41) is 0. The first-order chi connectivity index (χ1) is 15.1. The van der Waals surface area contributed by atoms with Gasteiger partial charge in [-0.05, 0) is 48.1 Å². The van der Waals surface area contributed by atoms with Gasteiger partial charge in [-0.25, -0.2) is 4.98 Å². The second-order valence-corrected chi connectivity index (χ2v) is 8.26. The minimum Gasteiger partial charge on any atom is -0.497 e. The van der Waals surface area contributed by atoms with E-state index in [0.29, 0.717) is 24.0 Å². The molecule has 0 spiro atoms. The van der Waals surface area contributed by atoms with Crippen LogP contribution in [0.4, 0.5) is 13.2 Å². The molecule has 172 valence electrons. The molecule has 2 aromatic rings. The molecule has 1 unspecified atom stereocenters. The predicted octanol–water partition coefficient (Wildman–Crippen LogP) is 4.32. The number of carbonyl (C=O) groups is 2. The second-order valence-electron chi connectivity index (χ2n) is 8.26. The van der Waals surface area contributed by atoms with Gasteiger partial charge in [-0.3, -0.25) is 9.59 Å². The Bertz CT molecular complexity index is 1070. The molecule has 1 atom stereocenters. The number of pyridine rings is 1. The van der Waals surface area contributed by atoms with Crippen LogP contribution >= 0.6 is 0 Å². The van der Waals surface area contributed by atoms with E-state index < -0.39 is 17.6 Å². The minimum absolute atomic E-state index is 0.0757. The van der Waals surface area contributed by atoms with Gasteiger partial charge in [0.1, 0.15) is 18.0 Å². The molecule has 32 heavy (non-hydrogen) atoms. The quantitative estimate of drug-likeness (QED) is 0.618. The summed E-state index contributed by atoms with van der Waals surface area (Å²) in [5.41, 5.74) is 5.55. The van der Waals surface area contributed by atoms with Crippen molar-refractivity contribution in [1.29, 1.82) is 0 Å². The number of Topliss-reactive ketones (excluding diaryl/α,β-unsaturated/α-hetero) is 1. The molecule has 2 N–H and O–H groups in total. The number of primary amides is 1. The fourth-order valence-electron chi connectivity index (χ4n) is 3.81. The van der Waals surface area contributed by atoms with Gasteiger partial charge in [-0.15, -0.1) is 0 Å². The fraction of sp³-hybridized carbons (Fsp3) is 0.435. The van der Waals surface area contributed by atoms with Gasteiger partial charge < -0.3 is 14.9 Å². The zero-order valence-corrected chi connectivity index (χ0v) is 18.0. The Morgan fingerprint density at radius 1 is 1.28 bits per heavy atom. The lowest BCUT2D eigenvalue weighted by Crippen LogP contribution is -2.27. The van der Waals surface area contributed by atoms with Gasteiger partial charge in [0, 0.05) is 24.7 Å². The summed E-state index contributed by atoms with van der Waals surface area (Å²) in [6.07, 6.45) is 4.27. The fourth-order valence-corrected chi connectivity index (χ4v) is 3.81. The molecule has 0 radical (unpaired) electrons. The number of amides is 1. The summed E-state index contributed by atoms with van der Waals surface area (Å²) in [4.78, 5) is 28.0. The topological polar surface area (TPSA) is 86.7 Å². The molecule has 1 aliphatic rings. The molecular weight excluding hydrogens is 423 g/mol. The van der Waals surface area contributed by atoms with Crippen LogP contribution in [0.1, 0.15) is 49.9 Å². The van der Waals surface area contributed by atoms with Crippen LogP contribution in [-0.4, -0.2) is 27.7 Å². The molecule has 0 aromatic carbocycles. The SMILES string of the molecule is CC(C)C(CCCC(=O)Cc1cn2cc(C3=CCOC=C3)cc(C(F)(F)F)c2n1)C(N)=O. The zero-order chi connectivity index (χ0) is 23.5. The third-order valence-electron chi connectivity index (χ3n) is 5.50. The van der Waals surface area contributed by atoms with Gasteiger partial charge in [-0.1, -0.05) is 13.8 Å². The maximum absolute atomic E-state index is 13.7. The smallest absolute Gasteiger partial charge is 0.420 e. The standard InChI is InChI=1S/C23H26F3N3O3/c1-14(2)19(21(27)31)5-3-4-18(30)11-17-13-29-12-16(15-6-8-32-9-7-15)10-20(22(29)28-17)23(24,25)26/h6-8,10,12-14,19H,3-5,9,11H2,1-2H3,(H2,27,31). The van der Waals surface area contributed by atoms with Crippen molar-refractivity contribution in [1.82, 2.24) is 9.38 Å². The molecule has 9 heteroatoms. The van der Waals surface area contributed by atoms with Gasteiger partial charge in [0.2, 0.25) is 5.91 Å². The molecule has 3 rings (SSSR count). The third-order valence-corrected chi connectivity index (χ3v) is 5.50. The number of ether oxygens (including phenoxy) is 1. The van der Waals surface area contributed by atoms with Crippen LogP contribution in [0.3, 0.4) is 0 Å². The first kappa shape index (κ1) is 23.6. The molecule has 1 amide bonds. The molecular formula is C23H26F3N3O3. The number of hydrogen-bond donors (Lipinski definition) is 1. The molecule has 0 saturated heterocycles. The highest BCUT2D eigenvalue weighted by atomic mass is 19.4. The molecule has 0 bridgehead atoms. The molecule has 0 fully saturated rings. The number of halogens is 3. The number of ketones is 1. The van der Waals surface area contributed by atoms with Crippen LogP contribution in [0, 0.1) is 11.8 Å². The van der Waals surface area contributed by atoms with E-state index in [1.807, 2.05) is 13.8 Å². The minimum atomic E-state index is -4.60. The highest BCUT2D eigenvalue weighted by Crippen LogP contribution is 2.35. The van der Waals surface area contributed by atoms with Crippen molar-refractivity contribution in [2.24, 2.45) is 17.6 Å². The van der Waals surface area contributed by atoms with E-state index in [0.717, 1.165) is 6.07 Å². The van der Waals surface area contributed by atoms with Crippen molar-refractivity contribution in [3.05, 3.63) is 53.7 Å². The first-order valence-corrected chi connectivity index (χ1v) is 10.4. The maximum atomic E-state index is 13.7. The zero-order valence-electron chi connectivity index (χ0n) is 18.0. The number of carbonyl (C=O) groups excluding carboxylic acids is 2. The van der Waals surface area contributed by atoms with E-state index in [1.165, 1.54) is 16.9 Å². The Labute approximate surface area is 183 Å². The van der Waals surface area contributed by atoms with Crippen LogP contribution < -0.4 is 5.73 Å². The van der Waals surface area contributed by atoms with Gasteiger partial charge in [0.05, 0.1) is 23.9 Å². The number of nitrogens with zero attached hydrogens (tertiary/aromatic N) is 2. The normalized spacial score (nSPS) is 15.0. The number of rotatable bonds is 9. The Kier molecular flexibility index (Phi) is 7.06. The Morgan fingerprint density at radius 2 is 2.03 bits per heavy atom. The molecule has 0 aliphatic carbocycles. The van der Waals surface area contributed by atoms with Crippen LogP contribution in [0.2, 0.25) is 0 Å². The number of alkyl halides is 3.